The summed E-state index contributed by atoms with van der Waals surface area (Å²) in [6.45, 7) is 15.3. The molecule has 1 aromatic heterocycles. The van der Waals surface area contributed by atoms with Gasteiger partial charge in [-0.2, -0.15) is 0 Å². The minimum atomic E-state index is -1.58. The van der Waals surface area contributed by atoms with E-state index in [-0.39, 0.29) is 24.0 Å². The van der Waals surface area contributed by atoms with Gasteiger partial charge in [0.2, 0.25) is 11.8 Å². The van der Waals surface area contributed by atoms with E-state index < -0.39 is 63.1 Å². The van der Waals surface area contributed by atoms with Crippen molar-refractivity contribution in [2.24, 2.45) is 11.3 Å². The Hall–Kier alpha value is -4.50. The number of nitrogens with zero attached hydrogens (tertiary/aromatic N) is 2. The molecule has 346 valence electrons. The maximum absolute atomic E-state index is 14.2. The van der Waals surface area contributed by atoms with E-state index in [1.54, 1.807) is 0 Å². The maximum Gasteiger partial charge on any atom is 0.408 e. The molecule has 4 aliphatic rings. The zero-order chi connectivity index (χ0) is 45.1. The monoisotopic (exact) mass is 890 g/mol. The molecule has 0 bridgehead atoms. The number of aromatic amines is 1. The van der Waals surface area contributed by atoms with Gasteiger partial charge in [0.25, 0.3) is 11.5 Å². The van der Waals surface area contributed by atoms with Crippen LogP contribution < -0.4 is 25.7 Å². The predicted molar refractivity (Wildman–Crippen MR) is 246 cm³/mol. The second-order valence-corrected chi connectivity index (χ2v) is 20.9. The Balaban J connectivity index is 1.01. The van der Waals surface area contributed by atoms with Crippen molar-refractivity contribution < 1.29 is 32.9 Å². The number of carbonyl (C=O) groups is 4. The largest absolute Gasteiger partial charge is 0.492 e. The molecule has 2 aromatic rings. The highest BCUT2D eigenvalue weighted by Gasteiger charge is 2.46. The van der Waals surface area contributed by atoms with Crippen LogP contribution in [-0.2, 0) is 36.5 Å². The number of aromatic nitrogens is 1. The second-order valence-electron chi connectivity index (χ2n) is 19.2. The molecule has 6 rings (SSSR count). The van der Waals surface area contributed by atoms with Crippen LogP contribution in [0.1, 0.15) is 123 Å². The fourth-order valence-corrected chi connectivity index (χ4v) is 10.1. The summed E-state index contributed by atoms with van der Waals surface area (Å²) < 4.78 is 27.2. The first kappa shape index (κ1) is 48.0. The number of H-pyrrole nitrogens is 1. The van der Waals surface area contributed by atoms with Crippen molar-refractivity contribution in [3.05, 3.63) is 65.0 Å². The summed E-state index contributed by atoms with van der Waals surface area (Å²) in [6, 6.07) is 4.95. The number of likely N-dealkylation sites (tertiary alicyclic amines) is 2. The summed E-state index contributed by atoms with van der Waals surface area (Å²) in [4.78, 5) is 74.7. The fraction of sp³-hybridized carbons (Fsp3) is 0.646. The molecule has 2 aliphatic heterocycles. The van der Waals surface area contributed by atoms with Gasteiger partial charge in [-0.1, -0.05) is 57.6 Å². The summed E-state index contributed by atoms with van der Waals surface area (Å²) >= 11 is 0. The standard InChI is InChI=1S/C48H70N6O8S/c1-6-18-37(43(56)52-63(60)48(5)26-27-48)50-44(57)38-24-16-31-54(38)45(58)41(47(2,3)4)51-46(59)62-39-25-15-20-33(39)19-9-7-10-22-35-40(34-21-11-12-23-36(34)49-42(35)55)61-32-17-30-53-28-13-8-14-29-53/h6-7,10-12,21,23,33,37-39,41H,1,8-9,13-20,22,24-32H2,2-5H3,(H,49,55)(H,50,57)(H,51,59)(H,52,56)/b10-7+/t33-,37?,38+,39?,41-,63?/m1/s1. The van der Waals surface area contributed by atoms with Gasteiger partial charge < -0.3 is 34.9 Å². The van der Waals surface area contributed by atoms with E-state index in [1.807, 2.05) is 58.0 Å². The molecule has 0 radical (unpaired) electrons. The topological polar surface area (TPSA) is 179 Å². The van der Waals surface area contributed by atoms with E-state index in [1.165, 1.54) is 30.2 Å². The van der Waals surface area contributed by atoms with Gasteiger partial charge in [0.15, 0.2) is 0 Å². The van der Waals surface area contributed by atoms with Crippen LogP contribution >= 0.6 is 0 Å². The molecule has 15 heteroatoms. The van der Waals surface area contributed by atoms with E-state index in [0.29, 0.717) is 43.7 Å². The molecule has 4 amide bonds. The zero-order valence-corrected chi connectivity index (χ0v) is 38.7. The van der Waals surface area contributed by atoms with Crippen molar-refractivity contribution in [1.82, 2.24) is 30.1 Å². The molecule has 63 heavy (non-hydrogen) atoms. The first-order chi connectivity index (χ1) is 30.2. The van der Waals surface area contributed by atoms with Crippen molar-refractivity contribution in [1.29, 1.82) is 0 Å². The lowest BCUT2D eigenvalue weighted by Crippen LogP contribution is -2.59. The average Bonchev–Trinajstić information content (AvgIpc) is 3.58. The fourth-order valence-electron chi connectivity index (χ4n) is 9.09. The molecular formula is C48H70N6O8S. The summed E-state index contributed by atoms with van der Waals surface area (Å²) in [5.41, 5.74) is 0.513. The summed E-state index contributed by atoms with van der Waals surface area (Å²) in [7, 11) is -1.58. The number of ether oxygens (including phenoxy) is 2. The Morgan fingerprint density at radius 3 is 2.49 bits per heavy atom. The lowest BCUT2D eigenvalue weighted by molar-refractivity contribution is -0.142. The Labute approximate surface area is 375 Å². The van der Waals surface area contributed by atoms with Gasteiger partial charge in [-0.3, -0.25) is 23.9 Å². The first-order valence-corrected chi connectivity index (χ1v) is 24.4. The van der Waals surface area contributed by atoms with Crippen molar-refractivity contribution in [3.63, 3.8) is 0 Å². The second kappa shape index (κ2) is 21.9. The average molecular weight is 891 g/mol. The Morgan fingerprint density at radius 1 is 1.00 bits per heavy atom. The van der Waals surface area contributed by atoms with Gasteiger partial charge in [-0.25, -0.2) is 9.00 Å². The van der Waals surface area contributed by atoms with Gasteiger partial charge in [0.1, 0.15) is 41.0 Å². The van der Waals surface area contributed by atoms with E-state index in [2.05, 4.69) is 37.9 Å². The van der Waals surface area contributed by atoms with Crippen molar-refractivity contribution in [2.75, 3.05) is 32.8 Å². The number of hydrogen-bond donors (Lipinski definition) is 4. The third-order valence-electron chi connectivity index (χ3n) is 13.2. The molecule has 2 aliphatic carbocycles. The smallest absolute Gasteiger partial charge is 0.408 e. The highest BCUT2D eigenvalue weighted by atomic mass is 32.2. The lowest BCUT2D eigenvalue weighted by Gasteiger charge is -2.35. The number of carbonyl (C=O) groups excluding carboxylic acids is 4. The van der Waals surface area contributed by atoms with E-state index >= 15 is 0 Å². The van der Waals surface area contributed by atoms with Crippen LogP contribution in [0.4, 0.5) is 4.79 Å². The normalized spacial score (nSPS) is 22.6. The molecule has 4 N–H and O–H groups in total. The van der Waals surface area contributed by atoms with Crippen molar-refractivity contribution in [3.8, 4) is 5.75 Å². The quantitative estimate of drug-likeness (QED) is 0.0871. The number of piperidine rings is 1. The predicted octanol–water partition coefficient (Wildman–Crippen LogP) is 6.36. The number of alkyl carbamates (subject to hydrolysis) is 1. The van der Waals surface area contributed by atoms with Gasteiger partial charge >= 0.3 is 6.09 Å². The number of amides is 4. The van der Waals surface area contributed by atoms with Gasteiger partial charge in [0.05, 0.1) is 22.4 Å². The molecule has 6 atom stereocenters. The van der Waals surface area contributed by atoms with Crippen LogP contribution in [0.3, 0.4) is 0 Å². The third kappa shape index (κ3) is 12.8. The molecule has 2 saturated heterocycles. The Morgan fingerprint density at radius 2 is 1.76 bits per heavy atom. The number of hydrogen-bond acceptors (Lipinski definition) is 9. The molecule has 2 saturated carbocycles. The van der Waals surface area contributed by atoms with Crippen LogP contribution in [0.15, 0.2) is 53.9 Å². The van der Waals surface area contributed by atoms with Gasteiger partial charge in [0, 0.05) is 18.5 Å². The van der Waals surface area contributed by atoms with Crippen LogP contribution in [-0.4, -0.2) is 105 Å². The molecule has 14 nitrogen and oxygen atoms in total. The number of fused-ring (bicyclic) bond motifs is 1. The Kier molecular flexibility index (Phi) is 16.7. The number of rotatable bonds is 20. The minimum Gasteiger partial charge on any atom is -0.492 e. The molecule has 4 fully saturated rings. The summed E-state index contributed by atoms with van der Waals surface area (Å²) in [6.07, 6.45) is 16.5. The van der Waals surface area contributed by atoms with Crippen LogP contribution in [0.25, 0.3) is 10.9 Å². The molecule has 0 spiro atoms. The molecule has 1 aromatic carbocycles. The van der Waals surface area contributed by atoms with E-state index in [4.69, 9.17) is 9.47 Å². The molecule has 3 unspecified atom stereocenters. The van der Waals surface area contributed by atoms with Crippen LogP contribution in [0, 0.1) is 11.3 Å². The molecular weight excluding hydrogens is 821 g/mol. The highest BCUT2D eigenvalue weighted by molar-refractivity contribution is 7.85. The van der Waals surface area contributed by atoms with Gasteiger partial charge in [-0.05, 0) is 133 Å². The number of nitrogens with one attached hydrogen (secondary N) is 4. The molecule has 3 heterocycles. The number of allylic oxidation sites excluding steroid dienone is 2. The lowest BCUT2D eigenvalue weighted by atomic mass is 9.85. The van der Waals surface area contributed by atoms with Crippen molar-refractivity contribution >= 4 is 45.7 Å². The summed E-state index contributed by atoms with van der Waals surface area (Å²) in [5.74, 6) is -0.647. The first-order valence-electron chi connectivity index (χ1n) is 23.2. The van der Waals surface area contributed by atoms with Gasteiger partial charge in [-0.15, -0.1) is 6.58 Å². The van der Waals surface area contributed by atoms with Crippen molar-refractivity contribution in [2.45, 2.75) is 153 Å². The number of para-hydroxylation sites is 1. The SMILES string of the molecule is C=CCC(NC(=O)[C@@H]1CCCN1C(=O)[C@@H](NC(=O)OC1CCC[C@H]1CC/C=C/Cc1c(OCCCN2CCCCC2)c2ccccc2[nH]c1=O)C(C)(C)C)C(=O)NS(=O)C1(C)CC1. The van der Waals surface area contributed by atoms with E-state index in [9.17, 15) is 28.2 Å². The zero-order valence-electron chi connectivity index (χ0n) is 37.8. The third-order valence-corrected chi connectivity index (χ3v) is 14.9. The van der Waals surface area contributed by atoms with Crippen LogP contribution in [0.5, 0.6) is 5.75 Å². The highest BCUT2D eigenvalue weighted by Crippen LogP contribution is 2.40. The summed E-state index contributed by atoms with van der Waals surface area (Å²) in [5, 5.41) is 6.52. The minimum absolute atomic E-state index is 0.129. The number of benzene rings is 1. The maximum atomic E-state index is 14.2. The van der Waals surface area contributed by atoms with E-state index in [0.717, 1.165) is 81.9 Å². The number of pyridine rings is 1. The van der Waals surface area contributed by atoms with Crippen LogP contribution in [0.2, 0.25) is 0 Å². The Bertz CT molecular complexity index is 2050.